The van der Waals surface area contributed by atoms with Crippen LogP contribution in [0.5, 0.6) is 0 Å². The molecular formula is C67H63KN4. The van der Waals surface area contributed by atoms with E-state index in [4.69, 9.17) is 0 Å². The number of para-hydroxylation sites is 4. The van der Waals surface area contributed by atoms with Crippen molar-refractivity contribution in [2.24, 2.45) is 0 Å². The van der Waals surface area contributed by atoms with Gasteiger partial charge in [-0.1, -0.05) is 185 Å². The van der Waals surface area contributed by atoms with E-state index in [1.54, 1.807) is 0 Å². The van der Waals surface area contributed by atoms with Crippen LogP contribution in [0.3, 0.4) is 0 Å². The van der Waals surface area contributed by atoms with E-state index in [0.29, 0.717) is 0 Å². The molecule has 0 fully saturated rings. The van der Waals surface area contributed by atoms with Crippen LogP contribution in [-0.2, 0) is 0 Å². The smallest absolute Gasteiger partial charge is 0.685 e. The Hall–Kier alpha value is -6.96. The quantitative estimate of drug-likeness (QED) is 0.0909. The van der Waals surface area contributed by atoms with Crippen molar-refractivity contribution in [3.8, 4) is 39.2 Å². The van der Waals surface area contributed by atoms with E-state index in [1.807, 2.05) is 39.8 Å². The second kappa shape index (κ2) is 24.9. The topological polar surface area (TPSA) is 50.6 Å². The predicted molar refractivity (Wildman–Crippen MR) is 312 cm³/mol. The summed E-state index contributed by atoms with van der Waals surface area (Å²) in [6.07, 6.45) is 3.82. The fourth-order valence-electron chi connectivity index (χ4n) is 9.63. The maximum Gasteiger partial charge on any atom is 1.00 e. The average Bonchev–Trinajstić information content (AvgIpc) is 4.09. The summed E-state index contributed by atoms with van der Waals surface area (Å²) in [5.74, 6) is 0. The molecule has 12 aromatic rings. The first-order chi connectivity index (χ1) is 34.9. The zero-order valence-corrected chi connectivity index (χ0v) is 46.1. The third-order valence-corrected chi connectivity index (χ3v) is 12.8. The van der Waals surface area contributed by atoms with Crippen LogP contribution in [0, 0.1) is 13.8 Å². The molecule has 4 nitrogen and oxygen atoms in total. The third-order valence-electron chi connectivity index (χ3n) is 12.8. The van der Waals surface area contributed by atoms with Gasteiger partial charge in [0.25, 0.3) is 0 Å². The number of allylic oxidation sites excluding steroid dienone is 2. The molecule has 0 unspecified atom stereocenters. The summed E-state index contributed by atoms with van der Waals surface area (Å²) in [4.78, 5) is 7.19. The van der Waals surface area contributed by atoms with E-state index in [1.165, 1.54) is 116 Å². The fourth-order valence-corrected chi connectivity index (χ4v) is 9.63. The van der Waals surface area contributed by atoms with Crippen LogP contribution in [0.25, 0.3) is 110 Å². The number of benzene rings is 9. The normalized spacial score (nSPS) is 10.7. The minimum Gasteiger partial charge on any atom is -0.685 e. The third kappa shape index (κ3) is 10.9. The molecule has 3 heterocycles. The van der Waals surface area contributed by atoms with E-state index < -0.39 is 0 Å². The summed E-state index contributed by atoms with van der Waals surface area (Å²) in [7, 11) is 0. The molecule has 0 aliphatic heterocycles. The summed E-state index contributed by atoms with van der Waals surface area (Å²) >= 11 is 0. The number of hydrogen-bond acceptors (Lipinski definition) is 0. The van der Waals surface area contributed by atoms with Gasteiger partial charge in [0.15, 0.2) is 0 Å². The van der Waals surface area contributed by atoms with Crippen LogP contribution in [-0.4, -0.2) is 21.1 Å². The summed E-state index contributed by atoms with van der Waals surface area (Å²) in [5, 5.41) is 12.9. The molecular weight excluding hydrogens is 900 g/mol. The molecule has 352 valence electrons. The molecule has 0 spiro atoms. The zero-order valence-electron chi connectivity index (χ0n) is 42.9. The van der Waals surface area contributed by atoms with Gasteiger partial charge in [0.1, 0.15) is 0 Å². The zero-order chi connectivity index (χ0) is 49.9. The Labute approximate surface area is 468 Å². The van der Waals surface area contributed by atoms with E-state index in [-0.39, 0.29) is 51.4 Å². The molecule has 0 aliphatic carbocycles. The molecule has 0 amide bonds. The number of nitrogens with zero attached hydrogens (tertiary/aromatic N) is 2. The number of fused-ring (bicyclic) bond motifs is 9. The molecule has 2 N–H and O–H groups in total. The first-order valence-corrected chi connectivity index (χ1v) is 24.7. The van der Waals surface area contributed by atoms with Crippen molar-refractivity contribution in [3.05, 3.63) is 254 Å². The average molecular weight is 963 g/mol. The van der Waals surface area contributed by atoms with Gasteiger partial charge in [-0.25, -0.2) is 0 Å². The molecule has 0 radical (unpaired) electrons. The van der Waals surface area contributed by atoms with Crippen LogP contribution in [0.1, 0.15) is 38.8 Å². The Balaban J connectivity index is 0.000000210. The fraction of sp³-hybridized carbons (Fsp3) is 0.104. The molecule has 3 aromatic heterocycles. The second-order valence-corrected chi connectivity index (χ2v) is 17.0. The monoisotopic (exact) mass is 962 g/mol. The van der Waals surface area contributed by atoms with Gasteiger partial charge in [-0.05, 0) is 108 Å². The van der Waals surface area contributed by atoms with Gasteiger partial charge in [-0.2, -0.15) is 0 Å². The number of aryl methyl sites for hydroxylation is 2. The van der Waals surface area contributed by atoms with E-state index in [0.717, 1.165) is 12.2 Å². The molecule has 72 heavy (non-hydrogen) atoms. The second-order valence-electron chi connectivity index (χ2n) is 17.0. The van der Waals surface area contributed by atoms with Gasteiger partial charge >= 0.3 is 51.4 Å². The van der Waals surface area contributed by atoms with Crippen molar-refractivity contribution in [1.82, 2.24) is 14.5 Å². The molecule has 0 saturated carbocycles. The number of aromatic nitrogens is 3. The summed E-state index contributed by atoms with van der Waals surface area (Å²) in [6.45, 7) is 22.8. The predicted octanol–water partition coefficient (Wildman–Crippen LogP) is 16.7. The van der Waals surface area contributed by atoms with Crippen LogP contribution in [0.4, 0.5) is 0 Å². The number of aromatic amines is 2. The minimum absolute atomic E-state index is 0. The van der Waals surface area contributed by atoms with Crippen molar-refractivity contribution in [2.45, 2.75) is 41.5 Å². The van der Waals surface area contributed by atoms with E-state index in [9.17, 15) is 0 Å². The number of H-pyrrole nitrogens is 2. The Morgan fingerprint density at radius 1 is 0.514 bits per heavy atom. The van der Waals surface area contributed by atoms with Crippen LogP contribution in [0.2, 0.25) is 0 Å². The molecule has 5 heteroatoms. The first-order valence-electron chi connectivity index (χ1n) is 24.7. The number of rotatable bonds is 7. The number of likely N-dealkylation sites (N-methyl/N-ethyl adjacent to an activating group) is 1. The van der Waals surface area contributed by atoms with Crippen LogP contribution in [0.15, 0.2) is 238 Å². The molecule has 0 saturated heterocycles. The van der Waals surface area contributed by atoms with Gasteiger partial charge in [0, 0.05) is 60.3 Å². The molecule has 9 aromatic carbocycles. The standard InChI is InChI=1S/C40H26N2.C16H15N.C7H12N.C2H6.C2H4.K/c1-2-10-29(11-3-1)42-38-17-9-7-14-32(38)35-24-28(22-23-39(35)42)26-18-20-27(21-19-26)34-25-36-31-13-6-8-16-37(31)41-40(36)33-15-5-4-12-30(33)34;1-11-7-3-4-8-13(11)16-12(2)14-9-5-6-10-15(14)17-16;1-4-6-7(3)8-5-2;2*1-2;/h1-25,41H;3-10,17H,1-2H3;4,6H,3,5H2,1-2H3;1-2H3;1-2H2;/q;;-1;;;+1/b;;6-4-;;;. The van der Waals surface area contributed by atoms with Crippen molar-refractivity contribution < 1.29 is 51.4 Å². The van der Waals surface area contributed by atoms with Crippen molar-refractivity contribution >= 4 is 65.3 Å². The molecule has 0 atom stereocenters. The maximum absolute atomic E-state index is 4.03. The Morgan fingerprint density at radius 3 is 1.72 bits per heavy atom. The molecule has 0 bridgehead atoms. The van der Waals surface area contributed by atoms with Crippen molar-refractivity contribution in [1.29, 1.82) is 0 Å². The number of nitrogens with one attached hydrogen (secondary N) is 2. The van der Waals surface area contributed by atoms with E-state index in [2.05, 4.69) is 254 Å². The van der Waals surface area contributed by atoms with Crippen LogP contribution < -0.4 is 51.4 Å². The molecule has 0 aliphatic rings. The molecule has 12 rings (SSSR count). The van der Waals surface area contributed by atoms with Crippen molar-refractivity contribution in [2.75, 3.05) is 6.54 Å². The summed E-state index contributed by atoms with van der Waals surface area (Å²) < 4.78 is 2.36. The Kier molecular flexibility index (Phi) is 18.3. The Bertz CT molecular complexity index is 3770. The largest absolute Gasteiger partial charge is 1.00 e. The minimum atomic E-state index is 0. The SMILES string of the molecule is C=C.C=C(/C=C\C)[N-]CC.CC.Cc1ccccc1-c1[nH]c2ccccc2c1C.[K+].c1ccc(-n2c3ccccc3c3cc(-c4ccc(-c5cc6c7ccccc7[nH]c6c6ccccc56)cc4)ccc32)cc1. The summed E-state index contributed by atoms with van der Waals surface area (Å²) in [5.41, 5.74) is 18.2. The first kappa shape index (κ1) is 52.9. The van der Waals surface area contributed by atoms with Gasteiger partial charge in [0.05, 0.1) is 16.6 Å². The van der Waals surface area contributed by atoms with E-state index >= 15 is 0 Å². The Morgan fingerprint density at radius 2 is 1.06 bits per heavy atom. The van der Waals surface area contributed by atoms with Gasteiger partial charge < -0.3 is 19.9 Å². The van der Waals surface area contributed by atoms with Gasteiger partial charge in [-0.3, -0.25) is 0 Å². The van der Waals surface area contributed by atoms with Crippen LogP contribution >= 0.6 is 0 Å². The number of hydrogen-bond donors (Lipinski definition) is 2. The van der Waals surface area contributed by atoms with Crippen molar-refractivity contribution in [3.63, 3.8) is 0 Å². The van der Waals surface area contributed by atoms with Gasteiger partial charge in [0.2, 0.25) is 0 Å². The maximum atomic E-state index is 4.03. The van der Waals surface area contributed by atoms with Gasteiger partial charge in [-0.15, -0.1) is 32.0 Å². The summed E-state index contributed by atoms with van der Waals surface area (Å²) in [6, 6.07) is 71.9.